The van der Waals surface area contributed by atoms with Crippen LogP contribution in [0.3, 0.4) is 0 Å². The molecule has 18 heavy (non-hydrogen) atoms. The van der Waals surface area contributed by atoms with E-state index in [4.69, 9.17) is 31.3 Å². The van der Waals surface area contributed by atoms with Gasteiger partial charge in [0.25, 0.3) is 0 Å². The van der Waals surface area contributed by atoms with Crippen molar-refractivity contribution in [3.8, 4) is 0 Å². The Balaban J connectivity index is 0.000000411. The Hall–Kier alpha value is -1.84. The monoisotopic (exact) mass is 265 g/mol. The summed E-state index contributed by atoms with van der Waals surface area (Å²) >= 11 is 0. The largest absolute Gasteiger partial charge is 0.505 e. The number of esters is 1. The number of carboxylic acid groups (broad SMARTS) is 1. The zero-order valence-electron chi connectivity index (χ0n) is 9.31. The van der Waals surface area contributed by atoms with Crippen LogP contribution in [0.4, 0.5) is 0 Å². The average molecular weight is 265 g/mol. The zero-order chi connectivity index (χ0) is 14.3. The molecule has 0 spiro atoms. The van der Waals surface area contributed by atoms with E-state index in [0.29, 0.717) is 0 Å². The fourth-order valence-electron chi connectivity index (χ4n) is 0.946. The standard InChI is InChI=1S/C6H8O6.C3H7NO2/c7-1-2(8)5-3(9)4(10)6(11)12-5;4-2-1-3(5)6/h2,5,7-10H,1H2;1-2,4H2,(H,5,6)/t2-,5+;/m0./s1. The molecule has 0 aliphatic carbocycles. The number of cyclic esters (lactones) is 1. The van der Waals surface area contributed by atoms with Crippen molar-refractivity contribution in [2.75, 3.05) is 13.2 Å². The lowest BCUT2D eigenvalue weighted by Crippen LogP contribution is -2.31. The van der Waals surface area contributed by atoms with Gasteiger partial charge in [0, 0.05) is 6.54 Å². The van der Waals surface area contributed by atoms with E-state index in [-0.39, 0.29) is 13.0 Å². The lowest BCUT2D eigenvalue weighted by atomic mass is 10.2. The molecule has 1 aliphatic rings. The Kier molecular flexibility index (Phi) is 6.71. The van der Waals surface area contributed by atoms with E-state index in [9.17, 15) is 9.59 Å². The van der Waals surface area contributed by atoms with E-state index in [1.807, 2.05) is 0 Å². The van der Waals surface area contributed by atoms with Crippen LogP contribution in [0.15, 0.2) is 11.5 Å². The number of ether oxygens (including phenoxy) is 1. The van der Waals surface area contributed by atoms with E-state index in [2.05, 4.69) is 4.74 Å². The normalized spacial score (nSPS) is 19.9. The van der Waals surface area contributed by atoms with Crippen LogP contribution in [-0.4, -0.2) is 62.8 Å². The molecule has 0 saturated heterocycles. The van der Waals surface area contributed by atoms with Gasteiger partial charge >= 0.3 is 11.9 Å². The molecule has 0 saturated carbocycles. The topological polar surface area (TPSA) is 171 Å². The van der Waals surface area contributed by atoms with Gasteiger partial charge in [-0.1, -0.05) is 0 Å². The number of hydrogen-bond donors (Lipinski definition) is 6. The van der Waals surface area contributed by atoms with Gasteiger partial charge in [-0.2, -0.15) is 0 Å². The fourth-order valence-corrected chi connectivity index (χ4v) is 0.946. The first-order valence-corrected chi connectivity index (χ1v) is 4.89. The highest BCUT2D eigenvalue weighted by Crippen LogP contribution is 2.20. The highest BCUT2D eigenvalue weighted by Gasteiger charge is 2.38. The van der Waals surface area contributed by atoms with Gasteiger partial charge in [-0.15, -0.1) is 0 Å². The molecule has 2 atom stereocenters. The number of aliphatic hydroxyl groups is 4. The third-order valence-electron chi connectivity index (χ3n) is 1.83. The molecule has 1 heterocycles. The predicted octanol–water partition coefficient (Wildman–Crippen LogP) is -1.99. The summed E-state index contributed by atoms with van der Waals surface area (Å²) in [5, 5.41) is 42.9. The number of aliphatic hydroxyl groups excluding tert-OH is 4. The lowest BCUT2D eigenvalue weighted by molar-refractivity contribution is -0.147. The Morgan fingerprint density at radius 3 is 2.22 bits per heavy atom. The average Bonchev–Trinajstić information content (AvgIpc) is 2.57. The second-order valence-corrected chi connectivity index (χ2v) is 3.24. The van der Waals surface area contributed by atoms with Crippen LogP contribution in [0.5, 0.6) is 0 Å². The molecule has 7 N–H and O–H groups in total. The summed E-state index contributed by atoms with van der Waals surface area (Å²) in [6.07, 6.45) is -2.71. The van der Waals surface area contributed by atoms with Crippen LogP contribution in [0.2, 0.25) is 0 Å². The van der Waals surface area contributed by atoms with E-state index in [1.54, 1.807) is 0 Å². The summed E-state index contributed by atoms with van der Waals surface area (Å²) in [6, 6.07) is 0. The highest BCUT2D eigenvalue weighted by molar-refractivity contribution is 5.89. The minimum atomic E-state index is -1.42. The van der Waals surface area contributed by atoms with Crippen LogP contribution < -0.4 is 5.73 Å². The summed E-state index contributed by atoms with van der Waals surface area (Å²) in [4.78, 5) is 20.1. The SMILES string of the molecule is NCCC(=O)O.O=C1O[C@H]([C@@H](O)CO)C(O)=C1O. The van der Waals surface area contributed by atoms with E-state index >= 15 is 0 Å². The third-order valence-corrected chi connectivity index (χ3v) is 1.83. The minimum absolute atomic E-state index is 0.0694. The number of carbonyl (C=O) groups excluding carboxylic acids is 1. The van der Waals surface area contributed by atoms with E-state index < -0.39 is 42.3 Å². The molecular formula is C9H15NO8. The summed E-state index contributed by atoms with van der Waals surface area (Å²) in [5.74, 6) is -3.61. The summed E-state index contributed by atoms with van der Waals surface area (Å²) in [7, 11) is 0. The number of aliphatic carboxylic acids is 1. The Morgan fingerprint density at radius 2 is 2.00 bits per heavy atom. The van der Waals surface area contributed by atoms with Crippen molar-refractivity contribution < 1.29 is 39.9 Å². The van der Waals surface area contributed by atoms with Crippen molar-refractivity contribution in [2.24, 2.45) is 5.73 Å². The quantitative estimate of drug-likeness (QED) is 0.315. The summed E-state index contributed by atoms with van der Waals surface area (Å²) in [5.41, 5.74) is 4.85. The lowest BCUT2D eigenvalue weighted by Gasteiger charge is -2.13. The fraction of sp³-hybridized carbons (Fsp3) is 0.556. The molecule has 0 aromatic heterocycles. The van der Waals surface area contributed by atoms with Gasteiger partial charge in [0.05, 0.1) is 13.0 Å². The van der Waals surface area contributed by atoms with Gasteiger partial charge in [0.15, 0.2) is 11.9 Å². The van der Waals surface area contributed by atoms with Gasteiger partial charge in [-0.05, 0) is 0 Å². The summed E-state index contributed by atoms with van der Waals surface area (Å²) in [6.45, 7) is -0.440. The van der Waals surface area contributed by atoms with Crippen LogP contribution in [-0.2, 0) is 14.3 Å². The third kappa shape index (κ3) is 4.57. The molecule has 0 radical (unpaired) electrons. The first-order chi connectivity index (χ1) is 8.34. The van der Waals surface area contributed by atoms with E-state index in [1.165, 1.54) is 0 Å². The molecule has 1 rings (SSSR count). The first kappa shape index (κ1) is 16.2. The second kappa shape index (κ2) is 7.48. The van der Waals surface area contributed by atoms with Crippen molar-refractivity contribution >= 4 is 11.9 Å². The maximum Gasteiger partial charge on any atom is 0.377 e. The molecular weight excluding hydrogens is 250 g/mol. The van der Waals surface area contributed by atoms with Crippen LogP contribution in [0, 0.1) is 0 Å². The molecule has 0 aromatic rings. The van der Waals surface area contributed by atoms with Crippen LogP contribution in [0.25, 0.3) is 0 Å². The number of nitrogens with two attached hydrogens (primary N) is 1. The van der Waals surface area contributed by atoms with Crippen molar-refractivity contribution in [3.63, 3.8) is 0 Å². The highest BCUT2D eigenvalue weighted by atomic mass is 16.6. The number of carbonyl (C=O) groups is 2. The van der Waals surface area contributed by atoms with Gasteiger partial charge in [0.1, 0.15) is 6.10 Å². The molecule has 0 fully saturated rings. The maximum absolute atomic E-state index is 10.5. The van der Waals surface area contributed by atoms with Crippen molar-refractivity contribution in [2.45, 2.75) is 18.6 Å². The summed E-state index contributed by atoms with van der Waals surface area (Å²) < 4.78 is 4.32. The molecule has 104 valence electrons. The predicted molar refractivity (Wildman–Crippen MR) is 56.6 cm³/mol. The number of hydrogen-bond acceptors (Lipinski definition) is 8. The zero-order valence-corrected chi connectivity index (χ0v) is 9.31. The molecule has 0 bridgehead atoms. The van der Waals surface area contributed by atoms with Crippen molar-refractivity contribution in [1.82, 2.24) is 0 Å². The van der Waals surface area contributed by atoms with Gasteiger partial charge < -0.3 is 36.0 Å². The number of rotatable bonds is 4. The van der Waals surface area contributed by atoms with Crippen LogP contribution >= 0.6 is 0 Å². The molecule has 0 unspecified atom stereocenters. The minimum Gasteiger partial charge on any atom is -0.505 e. The van der Waals surface area contributed by atoms with Crippen molar-refractivity contribution in [3.05, 3.63) is 11.5 Å². The molecule has 9 heteroatoms. The van der Waals surface area contributed by atoms with Crippen molar-refractivity contribution in [1.29, 1.82) is 0 Å². The first-order valence-electron chi connectivity index (χ1n) is 4.89. The van der Waals surface area contributed by atoms with E-state index in [0.717, 1.165) is 0 Å². The second-order valence-electron chi connectivity index (χ2n) is 3.24. The Labute approximate surface area is 102 Å². The van der Waals surface area contributed by atoms with Crippen LogP contribution in [0.1, 0.15) is 6.42 Å². The smallest absolute Gasteiger partial charge is 0.377 e. The number of carboxylic acids is 1. The maximum atomic E-state index is 10.5. The molecule has 0 aromatic carbocycles. The molecule has 0 amide bonds. The molecule has 9 nitrogen and oxygen atoms in total. The van der Waals surface area contributed by atoms with Gasteiger partial charge in [-0.25, -0.2) is 4.79 Å². The van der Waals surface area contributed by atoms with Gasteiger partial charge in [0.2, 0.25) is 5.76 Å². The molecule has 1 aliphatic heterocycles. The van der Waals surface area contributed by atoms with Gasteiger partial charge in [-0.3, -0.25) is 4.79 Å². The Morgan fingerprint density at radius 1 is 1.44 bits per heavy atom. The Bertz CT molecular complexity index is 339.